The highest BCUT2D eigenvalue weighted by Crippen LogP contribution is 2.27. The molecule has 0 unspecified atom stereocenters. The van der Waals surface area contributed by atoms with Crippen LogP contribution < -0.4 is 0 Å². The van der Waals surface area contributed by atoms with E-state index in [1.165, 1.54) is 43.5 Å². The lowest BCUT2D eigenvalue weighted by atomic mass is 9.92. The normalized spacial score (nSPS) is 14.0. The standard InChI is InChI=1S/C18H12N2O5/c1-25-18(24)10-6-8-11(9-7-10)19-20-14-15(21)12-4-2-3-5-13(12)16(22)17(14)23/h2-9,23H,1H3. The molecule has 0 atom stereocenters. The van der Waals surface area contributed by atoms with Crippen molar-refractivity contribution in [2.24, 2.45) is 10.2 Å². The van der Waals surface area contributed by atoms with E-state index in [9.17, 15) is 19.5 Å². The first-order chi connectivity index (χ1) is 12.0. The van der Waals surface area contributed by atoms with E-state index in [0.29, 0.717) is 11.3 Å². The molecule has 0 saturated heterocycles. The molecule has 124 valence electrons. The van der Waals surface area contributed by atoms with Crippen molar-refractivity contribution in [3.05, 3.63) is 76.7 Å². The van der Waals surface area contributed by atoms with E-state index in [-0.39, 0.29) is 11.1 Å². The smallest absolute Gasteiger partial charge is 0.337 e. The SMILES string of the molecule is COC(=O)c1ccc(N=NC2=C(O)C(=O)c3ccccc3C2=O)cc1. The molecule has 0 bridgehead atoms. The fourth-order valence-electron chi connectivity index (χ4n) is 2.33. The molecule has 2 aromatic carbocycles. The predicted octanol–water partition coefficient (Wildman–Crippen LogP) is 3.41. The zero-order valence-corrected chi connectivity index (χ0v) is 13.1. The molecule has 7 nitrogen and oxygen atoms in total. The lowest BCUT2D eigenvalue weighted by Crippen LogP contribution is -2.20. The molecule has 0 aromatic heterocycles. The number of hydrogen-bond acceptors (Lipinski definition) is 7. The Bertz CT molecular complexity index is 942. The summed E-state index contributed by atoms with van der Waals surface area (Å²) in [5, 5.41) is 17.5. The molecule has 0 aliphatic heterocycles. The van der Waals surface area contributed by atoms with Crippen LogP contribution >= 0.6 is 0 Å². The maximum atomic E-state index is 12.4. The van der Waals surface area contributed by atoms with Crippen molar-refractivity contribution in [3.63, 3.8) is 0 Å². The molecule has 1 aliphatic carbocycles. The molecule has 0 amide bonds. The number of Topliss-reactive ketones (excluding diaryl/α,β-unsaturated/α-hetero) is 2. The van der Waals surface area contributed by atoms with E-state index in [1.54, 1.807) is 12.1 Å². The van der Waals surface area contributed by atoms with Crippen molar-refractivity contribution in [1.29, 1.82) is 0 Å². The minimum Gasteiger partial charge on any atom is -0.502 e. The van der Waals surface area contributed by atoms with Crippen molar-refractivity contribution in [2.45, 2.75) is 0 Å². The minimum atomic E-state index is -0.737. The van der Waals surface area contributed by atoms with Crippen molar-refractivity contribution >= 4 is 23.2 Å². The van der Waals surface area contributed by atoms with Crippen molar-refractivity contribution in [3.8, 4) is 0 Å². The van der Waals surface area contributed by atoms with E-state index in [4.69, 9.17) is 0 Å². The second-order valence-corrected chi connectivity index (χ2v) is 5.14. The third-order valence-electron chi connectivity index (χ3n) is 3.62. The number of methoxy groups -OCH3 is 1. The average molecular weight is 336 g/mol. The van der Waals surface area contributed by atoms with E-state index >= 15 is 0 Å². The van der Waals surface area contributed by atoms with Gasteiger partial charge in [0.05, 0.1) is 18.4 Å². The van der Waals surface area contributed by atoms with Gasteiger partial charge in [-0.3, -0.25) is 9.59 Å². The number of fused-ring (bicyclic) bond motifs is 1. The molecule has 2 aromatic rings. The van der Waals surface area contributed by atoms with Gasteiger partial charge >= 0.3 is 5.97 Å². The Hall–Kier alpha value is -3.61. The van der Waals surface area contributed by atoms with Gasteiger partial charge < -0.3 is 9.84 Å². The Morgan fingerprint density at radius 2 is 1.52 bits per heavy atom. The third-order valence-corrected chi connectivity index (χ3v) is 3.62. The highest BCUT2D eigenvalue weighted by molar-refractivity contribution is 6.25. The Morgan fingerprint density at radius 3 is 2.12 bits per heavy atom. The lowest BCUT2D eigenvalue weighted by Gasteiger charge is -2.13. The van der Waals surface area contributed by atoms with Gasteiger partial charge in [0.25, 0.3) is 0 Å². The fraction of sp³-hybridized carbons (Fsp3) is 0.0556. The number of benzene rings is 2. The molecule has 0 radical (unpaired) electrons. The quantitative estimate of drug-likeness (QED) is 0.683. The van der Waals surface area contributed by atoms with Crippen molar-refractivity contribution in [2.75, 3.05) is 7.11 Å². The molecule has 0 fully saturated rings. The maximum Gasteiger partial charge on any atom is 0.337 e. The van der Waals surface area contributed by atoms with E-state index in [0.717, 1.165) is 0 Å². The summed E-state index contributed by atoms with van der Waals surface area (Å²) >= 11 is 0. The summed E-state index contributed by atoms with van der Waals surface area (Å²) in [6.45, 7) is 0. The number of nitrogens with zero attached hydrogens (tertiary/aromatic N) is 2. The molecule has 1 aliphatic rings. The summed E-state index contributed by atoms with van der Waals surface area (Å²) in [5.74, 6) is -2.49. The first kappa shape index (κ1) is 16.3. The van der Waals surface area contributed by atoms with Gasteiger partial charge in [0, 0.05) is 11.1 Å². The number of aliphatic hydroxyl groups excluding tert-OH is 1. The van der Waals surface area contributed by atoms with E-state index < -0.39 is 29.0 Å². The van der Waals surface area contributed by atoms with Crippen LogP contribution in [0.4, 0.5) is 5.69 Å². The van der Waals surface area contributed by atoms with Gasteiger partial charge in [-0.15, -0.1) is 5.11 Å². The van der Waals surface area contributed by atoms with Crippen LogP contribution in [0.1, 0.15) is 31.1 Å². The van der Waals surface area contributed by atoms with Crippen LogP contribution in [0.25, 0.3) is 0 Å². The molecule has 0 saturated carbocycles. The van der Waals surface area contributed by atoms with Crippen molar-refractivity contribution < 1.29 is 24.2 Å². The molecule has 3 rings (SSSR count). The minimum absolute atomic E-state index is 0.131. The predicted molar refractivity (Wildman–Crippen MR) is 87.1 cm³/mol. The van der Waals surface area contributed by atoms with E-state index in [2.05, 4.69) is 15.0 Å². The van der Waals surface area contributed by atoms with Crippen LogP contribution in [0.3, 0.4) is 0 Å². The first-order valence-electron chi connectivity index (χ1n) is 7.24. The number of ether oxygens (including phenoxy) is 1. The van der Waals surface area contributed by atoms with Crippen LogP contribution in [0, 0.1) is 0 Å². The molecule has 0 heterocycles. The largest absolute Gasteiger partial charge is 0.502 e. The van der Waals surface area contributed by atoms with Gasteiger partial charge in [-0.25, -0.2) is 4.79 Å². The first-order valence-corrected chi connectivity index (χ1v) is 7.24. The highest BCUT2D eigenvalue weighted by Gasteiger charge is 2.32. The van der Waals surface area contributed by atoms with Crippen LogP contribution in [0.2, 0.25) is 0 Å². The fourth-order valence-corrected chi connectivity index (χ4v) is 2.33. The van der Waals surface area contributed by atoms with Gasteiger partial charge in [-0.05, 0) is 24.3 Å². The second-order valence-electron chi connectivity index (χ2n) is 5.14. The van der Waals surface area contributed by atoms with Gasteiger partial charge in [-0.2, -0.15) is 5.11 Å². The summed E-state index contributed by atoms with van der Waals surface area (Å²) in [7, 11) is 1.27. The Balaban J connectivity index is 1.91. The number of ketones is 2. The highest BCUT2D eigenvalue weighted by atomic mass is 16.5. The van der Waals surface area contributed by atoms with E-state index in [1.807, 2.05) is 0 Å². The number of esters is 1. The number of carbonyl (C=O) groups excluding carboxylic acids is 3. The topological polar surface area (TPSA) is 105 Å². The monoisotopic (exact) mass is 336 g/mol. The number of rotatable bonds is 3. The number of aliphatic hydroxyl groups is 1. The van der Waals surface area contributed by atoms with Crippen LogP contribution in [-0.2, 0) is 4.74 Å². The van der Waals surface area contributed by atoms with Gasteiger partial charge in [-0.1, -0.05) is 24.3 Å². The molecule has 0 spiro atoms. The number of hydrogen-bond donors (Lipinski definition) is 1. The molecular formula is C18H12N2O5. The number of azo groups is 1. The molecule has 25 heavy (non-hydrogen) atoms. The number of allylic oxidation sites excluding steroid dienone is 2. The Labute approximate surface area is 142 Å². The average Bonchev–Trinajstić information content (AvgIpc) is 2.66. The molecular weight excluding hydrogens is 324 g/mol. The summed E-state index contributed by atoms with van der Waals surface area (Å²) in [4.78, 5) is 35.9. The second kappa shape index (κ2) is 6.48. The van der Waals surface area contributed by atoms with Gasteiger partial charge in [0.15, 0.2) is 11.5 Å². The lowest BCUT2D eigenvalue weighted by molar-refractivity contribution is 0.0600. The molecule has 1 N–H and O–H groups in total. The summed E-state index contributed by atoms with van der Waals surface area (Å²) in [6.07, 6.45) is 0. The van der Waals surface area contributed by atoms with Crippen LogP contribution in [0.15, 0.2) is 70.2 Å². The van der Waals surface area contributed by atoms with Gasteiger partial charge in [0.2, 0.25) is 11.6 Å². The summed E-state index contributed by atoms with van der Waals surface area (Å²) in [5.41, 5.74) is 0.556. The van der Waals surface area contributed by atoms with Gasteiger partial charge in [0.1, 0.15) is 0 Å². The zero-order chi connectivity index (χ0) is 18.0. The van der Waals surface area contributed by atoms with Crippen LogP contribution in [0.5, 0.6) is 0 Å². The maximum absolute atomic E-state index is 12.4. The van der Waals surface area contributed by atoms with Crippen molar-refractivity contribution in [1.82, 2.24) is 0 Å². The Morgan fingerprint density at radius 1 is 0.920 bits per heavy atom. The van der Waals surface area contributed by atoms with Crippen LogP contribution in [-0.4, -0.2) is 29.8 Å². The Kier molecular flexibility index (Phi) is 4.21. The molecule has 7 heteroatoms. The zero-order valence-electron chi connectivity index (χ0n) is 13.1. The summed E-state index contributed by atoms with van der Waals surface area (Å²) < 4.78 is 4.59. The summed E-state index contributed by atoms with van der Waals surface area (Å²) in [6, 6.07) is 12.1. The third kappa shape index (κ3) is 2.94. The number of carbonyl (C=O) groups is 3.